The van der Waals surface area contributed by atoms with Crippen LogP contribution in [-0.4, -0.2) is 34.0 Å². The zero-order valence-electron chi connectivity index (χ0n) is 17.7. The molecule has 1 saturated carbocycles. The maximum Gasteiger partial charge on any atom is 0.212 e. The van der Waals surface area contributed by atoms with E-state index >= 15 is 0 Å². The van der Waals surface area contributed by atoms with Crippen molar-refractivity contribution in [1.29, 1.82) is 0 Å². The summed E-state index contributed by atoms with van der Waals surface area (Å²) in [7, 11) is -3.51. The monoisotopic (exact) mass is 415 g/mol. The normalized spacial score (nSPS) is 15.6. The van der Waals surface area contributed by atoms with Crippen LogP contribution in [0.2, 0.25) is 0 Å². The molecule has 28 heavy (non-hydrogen) atoms. The van der Waals surface area contributed by atoms with E-state index in [9.17, 15) is 12.8 Å². The molecule has 0 unspecified atom stereocenters. The Morgan fingerprint density at radius 1 is 1.18 bits per heavy atom. The molecular formula is C21H34FNO4S. The van der Waals surface area contributed by atoms with Crippen molar-refractivity contribution >= 4 is 10.0 Å². The Labute approximate surface area is 169 Å². The average Bonchev–Trinajstić information content (AvgIpc) is 3.35. The standard InChI is InChI=1S/C21H34FNO4S/c1-20(2,3)15-26-11-6-12-28(24,25)23-21(4,5)17-9-10-18(22)19(13-17)27-14-16-7-8-16/h9-10,13,16,23H,6-8,11-12,14-15H2,1-5H3. The van der Waals surface area contributed by atoms with E-state index < -0.39 is 21.4 Å². The fourth-order valence-corrected chi connectivity index (χ4v) is 4.22. The SMILES string of the molecule is CC(C)(C)COCCCS(=O)(=O)NC(C)(C)c1ccc(F)c(OCC2CC2)c1. The van der Waals surface area contributed by atoms with Crippen LogP contribution in [-0.2, 0) is 20.3 Å². The Hall–Kier alpha value is -1.18. The fourth-order valence-electron chi connectivity index (χ4n) is 2.72. The van der Waals surface area contributed by atoms with Crippen LogP contribution in [0.15, 0.2) is 18.2 Å². The second kappa shape index (κ2) is 9.09. The lowest BCUT2D eigenvalue weighted by atomic mass is 9.95. The lowest BCUT2D eigenvalue weighted by Gasteiger charge is -2.27. The first-order chi connectivity index (χ1) is 12.9. The van der Waals surface area contributed by atoms with Gasteiger partial charge in [0, 0.05) is 6.61 Å². The second-order valence-electron chi connectivity index (χ2n) is 9.41. The molecule has 0 spiro atoms. The van der Waals surface area contributed by atoms with Crippen LogP contribution in [0.25, 0.3) is 0 Å². The predicted molar refractivity (Wildman–Crippen MR) is 109 cm³/mol. The highest BCUT2D eigenvalue weighted by Crippen LogP contribution is 2.32. The van der Waals surface area contributed by atoms with Crippen LogP contribution in [0, 0.1) is 17.2 Å². The highest BCUT2D eigenvalue weighted by atomic mass is 32.2. The van der Waals surface area contributed by atoms with Crippen LogP contribution >= 0.6 is 0 Å². The number of ether oxygens (including phenoxy) is 2. The van der Waals surface area contributed by atoms with Gasteiger partial charge in [-0.15, -0.1) is 0 Å². The Kier molecular flexibility index (Phi) is 7.50. The molecule has 5 nitrogen and oxygen atoms in total. The molecule has 0 aliphatic heterocycles. The van der Waals surface area contributed by atoms with Crippen molar-refractivity contribution in [3.05, 3.63) is 29.6 Å². The number of benzene rings is 1. The third-order valence-electron chi connectivity index (χ3n) is 4.47. The smallest absolute Gasteiger partial charge is 0.212 e. The highest BCUT2D eigenvalue weighted by Gasteiger charge is 2.28. The first kappa shape index (κ1) is 23.1. The van der Waals surface area contributed by atoms with Crippen LogP contribution in [0.4, 0.5) is 4.39 Å². The van der Waals surface area contributed by atoms with E-state index in [4.69, 9.17) is 9.47 Å². The first-order valence-electron chi connectivity index (χ1n) is 9.90. The largest absolute Gasteiger partial charge is 0.490 e. The lowest BCUT2D eigenvalue weighted by molar-refractivity contribution is 0.0720. The summed E-state index contributed by atoms with van der Waals surface area (Å²) in [6.07, 6.45) is 2.65. The van der Waals surface area contributed by atoms with Gasteiger partial charge in [0.05, 0.1) is 24.5 Å². The minimum absolute atomic E-state index is 0.0210. The molecule has 0 aromatic heterocycles. The summed E-state index contributed by atoms with van der Waals surface area (Å²) in [6.45, 7) is 11.2. The highest BCUT2D eigenvalue weighted by molar-refractivity contribution is 7.89. The number of rotatable bonds is 11. The van der Waals surface area contributed by atoms with Gasteiger partial charge < -0.3 is 9.47 Å². The van der Waals surface area contributed by atoms with Crippen LogP contribution in [0.3, 0.4) is 0 Å². The van der Waals surface area contributed by atoms with E-state index in [-0.39, 0.29) is 16.9 Å². The van der Waals surface area contributed by atoms with Crippen LogP contribution < -0.4 is 9.46 Å². The van der Waals surface area contributed by atoms with E-state index in [0.29, 0.717) is 37.7 Å². The van der Waals surface area contributed by atoms with Gasteiger partial charge in [0.15, 0.2) is 11.6 Å². The maximum absolute atomic E-state index is 14.0. The predicted octanol–water partition coefficient (Wildman–Crippen LogP) is 4.22. The number of hydrogen-bond donors (Lipinski definition) is 1. The first-order valence-corrected chi connectivity index (χ1v) is 11.6. The average molecular weight is 416 g/mol. The van der Waals surface area contributed by atoms with E-state index in [1.165, 1.54) is 6.07 Å². The molecular weight excluding hydrogens is 381 g/mol. The van der Waals surface area contributed by atoms with Gasteiger partial charge in [-0.2, -0.15) is 0 Å². The molecule has 0 saturated heterocycles. The summed E-state index contributed by atoms with van der Waals surface area (Å²) in [5, 5.41) is 0. The topological polar surface area (TPSA) is 64.6 Å². The van der Waals surface area contributed by atoms with Crippen molar-refractivity contribution < 1.29 is 22.3 Å². The van der Waals surface area contributed by atoms with Crippen molar-refractivity contribution in [2.24, 2.45) is 11.3 Å². The van der Waals surface area contributed by atoms with Gasteiger partial charge in [-0.25, -0.2) is 17.5 Å². The quantitative estimate of drug-likeness (QED) is 0.550. The molecule has 7 heteroatoms. The van der Waals surface area contributed by atoms with Crippen molar-refractivity contribution in [1.82, 2.24) is 4.72 Å². The zero-order valence-corrected chi connectivity index (χ0v) is 18.5. The molecule has 160 valence electrons. The number of nitrogens with one attached hydrogen (secondary N) is 1. The molecule has 1 aromatic rings. The minimum atomic E-state index is -3.51. The van der Waals surface area contributed by atoms with Crippen molar-refractivity contribution in [3.63, 3.8) is 0 Å². The van der Waals surface area contributed by atoms with Crippen LogP contribution in [0.5, 0.6) is 5.75 Å². The van der Waals surface area contributed by atoms with Crippen molar-refractivity contribution in [2.45, 2.75) is 59.4 Å². The number of halogens is 1. The van der Waals surface area contributed by atoms with E-state index in [1.807, 2.05) is 0 Å². The van der Waals surface area contributed by atoms with Crippen LogP contribution in [0.1, 0.15) is 59.4 Å². The van der Waals surface area contributed by atoms with Gasteiger partial charge >= 0.3 is 0 Å². The Morgan fingerprint density at radius 2 is 1.86 bits per heavy atom. The summed E-state index contributed by atoms with van der Waals surface area (Å²) < 4.78 is 52.8. The Morgan fingerprint density at radius 3 is 2.46 bits per heavy atom. The van der Waals surface area contributed by atoms with Crippen molar-refractivity contribution in [2.75, 3.05) is 25.6 Å². The van der Waals surface area contributed by atoms with Gasteiger partial charge in [-0.3, -0.25) is 0 Å². The maximum atomic E-state index is 14.0. The molecule has 0 amide bonds. The third kappa shape index (κ3) is 8.05. The van der Waals surface area contributed by atoms with Gasteiger partial charge in [0.1, 0.15) is 0 Å². The second-order valence-corrected chi connectivity index (χ2v) is 11.3. The molecule has 1 aromatic carbocycles. The summed E-state index contributed by atoms with van der Waals surface area (Å²) in [4.78, 5) is 0. The van der Waals surface area contributed by atoms with E-state index in [1.54, 1.807) is 26.0 Å². The fraction of sp³-hybridized carbons (Fsp3) is 0.714. The minimum Gasteiger partial charge on any atom is -0.490 e. The van der Waals surface area contributed by atoms with Gasteiger partial charge in [0.2, 0.25) is 10.0 Å². The summed E-state index contributed by atoms with van der Waals surface area (Å²) >= 11 is 0. The van der Waals surface area contributed by atoms with Crippen molar-refractivity contribution in [3.8, 4) is 5.75 Å². The lowest BCUT2D eigenvalue weighted by Crippen LogP contribution is -2.42. The zero-order chi connectivity index (χ0) is 21.0. The number of hydrogen-bond acceptors (Lipinski definition) is 4. The Balaban J connectivity index is 1.92. The molecule has 1 aliphatic rings. The molecule has 1 fully saturated rings. The van der Waals surface area contributed by atoms with E-state index in [0.717, 1.165) is 12.8 Å². The summed E-state index contributed by atoms with van der Waals surface area (Å²) in [6, 6.07) is 4.51. The molecule has 1 N–H and O–H groups in total. The number of sulfonamides is 1. The summed E-state index contributed by atoms with van der Waals surface area (Å²) in [5.41, 5.74) is -0.162. The molecule has 0 heterocycles. The summed E-state index contributed by atoms with van der Waals surface area (Å²) in [5.74, 6) is 0.230. The van der Waals surface area contributed by atoms with Gasteiger partial charge in [0.25, 0.3) is 0 Å². The molecule has 1 aliphatic carbocycles. The Bertz CT molecular complexity index is 752. The third-order valence-corrected chi connectivity index (χ3v) is 6.12. The van der Waals surface area contributed by atoms with Gasteiger partial charge in [-0.05, 0) is 62.1 Å². The molecule has 0 bridgehead atoms. The molecule has 2 rings (SSSR count). The molecule has 0 radical (unpaired) electrons. The molecule has 0 atom stereocenters. The van der Waals surface area contributed by atoms with E-state index in [2.05, 4.69) is 25.5 Å². The van der Waals surface area contributed by atoms with Gasteiger partial charge in [-0.1, -0.05) is 26.8 Å².